The number of amides is 1. The highest BCUT2D eigenvalue weighted by molar-refractivity contribution is 7.09. The largest absolute Gasteiger partial charge is 0.483 e. The number of rotatable bonds is 5. The Balaban J connectivity index is 0.000000755. The molecule has 4 rings (SSSR count). The van der Waals surface area contributed by atoms with Crippen molar-refractivity contribution in [1.29, 1.82) is 0 Å². The molecule has 1 aromatic carbocycles. The molecular weight excluding hydrogens is 388 g/mol. The van der Waals surface area contributed by atoms with Crippen LogP contribution in [0.25, 0.3) is 11.3 Å². The minimum absolute atomic E-state index is 0.0797. The maximum absolute atomic E-state index is 12.4. The minimum atomic E-state index is -0.250. The van der Waals surface area contributed by atoms with Gasteiger partial charge in [0, 0.05) is 29.1 Å². The van der Waals surface area contributed by atoms with Gasteiger partial charge in [0.15, 0.2) is 0 Å². The second kappa shape index (κ2) is 10.3. The van der Waals surface area contributed by atoms with Crippen LogP contribution >= 0.6 is 11.3 Å². The number of hydrogen-bond donors (Lipinski definition) is 2. The van der Waals surface area contributed by atoms with Gasteiger partial charge in [-0.2, -0.15) is 10.2 Å². The van der Waals surface area contributed by atoms with E-state index in [-0.39, 0.29) is 12.4 Å². The molecule has 150 valence electrons. The average molecular weight is 410 g/mol. The molecule has 0 radical (unpaired) electrons. The standard InChI is InChI=1S/C20H20N4OS.CH2O2/c25-20(21-14-18-7-4-10-26-18)16-6-3-5-15(11-16)19-12-17(13-22-23-19)24-8-1-2-9-24;2-1-3/h3-7,10-13H,1-2,8-9,14H2,(H,21,25);1H,(H,2,3). The Kier molecular flexibility index (Phi) is 7.29. The van der Waals surface area contributed by atoms with Crippen LogP contribution < -0.4 is 10.2 Å². The van der Waals surface area contributed by atoms with E-state index >= 15 is 0 Å². The van der Waals surface area contributed by atoms with Crippen molar-refractivity contribution in [1.82, 2.24) is 15.5 Å². The maximum atomic E-state index is 12.4. The molecule has 8 heteroatoms. The molecule has 1 saturated heterocycles. The van der Waals surface area contributed by atoms with Crippen LogP contribution in [-0.2, 0) is 11.3 Å². The number of thiophene rings is 1. The molecule has 3 aromatic rings. The lowest BCUT2D eigenvalue weighted by atomic mass is 10.1. The van der Waals surface area contributed by atoms with Crippen LogP contribution in [0.2, 0.25) is 0 Å². The van der Waals surface area contributed by atoms with Crippen molar-refractivity contribution >= 4 is 29.4 Å². The minimum Gasteiger partial charge on any atom is -0.483 e. The second-order valence-electron chi connectivity index (χ2n) is 6.44. The summed E-state index contributed by atoms with van der Waals surface area (Å²) in [6.45, 7) is 2.43. The van der Waals surface area contributed by atoms with E-state index in [0.29, 0.717) is 12.1 Å². The Morgan fingerprint density at radius 1 is 1.21 bits per heavy atom. The number of aromatic nitrogens is 2. The lowest BCUT2D eigenvalue weighted by Crippen LogP contribution is -2.22. The normalized spacial score (nSPS) is 12.8. The molecule has 1 fully saturated rings. The monoisotopic (exact) mass is 410 g/mol. The number of nitrogens with one attached hydrogen (secondary N) is 1. The molecule has 3 heterocycles. The fourth-order valence-electron chi connectivity index (χ4n) is 3.15. The Labute approximate surface area is 173 Å². The van der Waals surface area contributed by atoms with Gasteiger partial charge in [0.1, 0.15) is 0 Å². The van der Waals surface area contributed by atoms with E-state index in [1.807, 2.05) is 48.0 Å². The molecule has 0 bridgehead atoms. The first kappa shape index (κ1) is 20.5. The third-order valence-corrected chi connectivity index (χ3v) is 5.41. The van der Waals surface area contributed by atoms with E-state index in [1.165, 1.54) is 12.8 Å². The summed E-state index contributed by atoms with van der Waals surface area (Å²) in [7, 11) is 0. The number of carbonyl (C=O) groups is 2. The van der Waals surface area contributed by atoms with Crippen molar-refractivity contribution < 1.29 is 14.7 Å². The summed E-state index contributed by atoms with van der Waals surface area (Å²) in [5, 5.41) is 20.3. The smallest absolute Gasteiger partial charge is 0.290 e. The molecule has 1 aliphatic rings. The molecule has 0 atom stereocenters. The van der Waals surface area contributed by atoms with Crippen LogP contribution in [0.15, 0.2) is 54.0 Å². The lowest BCUT2D eigenvalue weighted by Gasteiger charge is -2.17. The van der Waals surface area contributed by atoms with Gasteiger partial charge >= 0.3 is 0 Å². The molecule has 0 saturated carbocycles. The molecule has 2 N–H and O–H groups in total. The molecule has 0 unspecified atom stereocenters. The highest BCUT2D eigenvalue weighted by atomic mass is 32.1. The van der Waals surface area contributed by atoms with Gasteiger partial charge in [-0.25, -0.2) is 0 Å². The molecule has 7 nitrogen and oxygen atoms in total. The average Bonchev–Trinajstić information content (AvgIpc) is 3.47. The number of anilines is 1. The zero-order valence-corrected chi connectivity index (χ0v) is 16.6. The number of carbonyl (C=O) groups excluding carboxylic acids is 1. The number of benzene rings is 1. The lowest BCUT2D eigenvalue weighted by molar-refractivity contribution is -0.122. The molecule has 2 aromatic heterocycles. The van der Waals surface area contributed by atoms with Crippen LogP contribution in [0, 0.1) is 0 Å². The van der Waals surface area contributed by atoms with E-state index in [4.69, 9.17) is 9.90 Å². The van der Waals surface area contributed by atoms with Gasteiger partial charge < -0.3 is 15.3 Å². The van der Waals surface area contributed by atoms with Gasteiger partial charge in [0.05, 0.1) is 24.1 Å². The Morgan fingerprint density at radius 3 is 2.72 bits per heavy atom. The number of carboxylic acid groups (broad SMARTS) is 1. The van der Waals surface area contributed by atoms with Crippen molar-refractivity contribution in [2.45, 2.75) is 19.4 Å². The predicted octanol–water partition coefficient (Wildman–Crippen LogP) is 3.44. The predicted molar refractivity (Wildman–Crippen MR) is 113 cm³/mol. The third kappa shape index (κ3) is 5.61. The third-order valence-electron chi connectivity index (χ3n) is 4.54. The first-order valence-electron chi connectivity index (χ1n) is 9.28. The summed E-state index contributed by atoms with van der Waals surface area (Å²) in [6.07, 6.45) is 4.25. The maximum Gasteiger partial charge on any atom is 0.290 e. The fraction of sp³-hybridized carbons (Fsp3) is 0.238. The van der Waals surface area contributed by atoms with E-state index in [1.54, 1.807) is 11.3 Å². The zero-order chi connectivity index (χ0) is 20.5. The molecule has 0 spiro atoms. The van der Waals surface area contributed by atoms with Crippen LogP contribution in [-0.4, -0.2) is 40.8 Å². The Hall–Kier alpha value is -3.26. The second-order valence-corrected chi connectivity index (χ2v) is 7.47. The highest BCUT2D eigenvalue weighted by Gasteiger charge is 2.14. The van der Waals surface area contributed by atoms with Crippen LogP contribution in [0.5, 0.6) is 0 Å². The van der Waals surface area contributed by atoms with Crippen molar-refractivity contribution in [3.63, 3.8) is 0 Å². The van der Waals surface area contributed by atoms with E-state index in [0.717, 1.165) is 34.9 Å². The summed E-state index contributed by atoms with van der Waals surface area (Å²) in [5.41, 5.74) is 3.43. The molecule has 29 heavy (non-hydrogen) atoms. The Morgan fingerprint density at radius 2 is 2.00 bits per heavy atom. The summed E-state index contributed by atoms with van der Waals surface area (Å²) >= 11 is 1.64. The van der Waals surface area contributed by atoms with Gasteiger partial charge in [-0.3, -0.25) is 9.59 Å². The summed E-state index contributed by atoms with van der Waals surface area (Å²) < 4.78 is 0. The summed E-state index contributed by atoms with van der Waals surface area (Å²) in [4.78, 5) is 24.3. The van der Waals surface area contributed by atoms with Crippen molar-refractivity contribution in [3.8, 4) is 11.3 Å². The SMILES string of the molecule is O=C(NCc1cccs1)c1cccc(-c2cc(N3CCCC3)cnn2)c1.O=CO. The van der Waals surface area contributed by atoms with E-state index in [2.05, 4.69) is 26.5 Å². The van der Waals surface area contributed by atoms with Crippen LogP contribution in [0.1, 0.15) is 28.1 Å². The molecule has 1 amide bonds. The Bertz CT molecular complexity index is 941. The van der Waals surface area contributed by atoms with Crippen LogP contribution in [0.3, 0.4) is 0 Å². The van der Waals surface area contributed by atoms with Gasteiger partial charge in [0.25, 0.3) is 12.4 Å². The van der Waals surface area contributed by atoms with Gasteiger partial charge in [0.2, 0.25) is 0 Å². The van der Waals surface area contributed by atoms with E-state index < -0.39 is 0 Å². The summed E-state index contributed by atoms with van der Waals surface area (Å²) in [5.74, 6) is -0.0797. The highest BCUT2D eigenvalue weighted by Crippen LogP contribution is 2.24. The van der Waals surface area contributed by atoms with Crippen molar-refractivity contribution in [2.75, 3.05) is 18.0 Å². The van der Waals surface area contributed by atoms with Gasteiger partial charge in [-0.05, 0) is 42.5 Å². The summed E-state index contributed by atoms with van der Waals surface area (Å²) in [6, 6.07) is 13.6. The van der Waals surface area contributed by atoms with Gasteiger partial charge in [-0.15, -0.1) is 11.3 Å². The number of nitrogens with zero attached hydrogens (tertiary/aromatic N) is 3. The van der Waals surface area contributed by atoms with Gasteiger partial charge in [-0.1, -0.05) is 18.2 Å². The molecular formula is C21H22N4O3S. The first-order chi connectivity index (χ1) is 14.2. The van der Waals surface area contributed by atoms with Crippen LogP contribution in [0.4, 0.5) is 5.69 Å². The molecule has 1 aliphatic heterocycles. The zero-order valence-electron chi connectivity index (χ0n) is 15.8. The quantitative estimate of drug-likeness (QED) is 0.626. The van der Waals surface area contributed by atoms with E-state index in [9.17, 15) is 4.79 Å². The van der Waals surface area contributed by atoms with Crippen molar-refractivity contribution in [2.24, 2.45) is 0 Å². The topological polar surface area (TPSA) is 95.4 Å². The number of hydrogen-bond acceptors (Lipinski definition) is 6. The first-order valence-corrected chi connectivity index (χ1v) is 10.2. The molecule has 0 aliphatic carbocycles. The van der Waals surface area contributed by atoms with Crippen molar-refractivity contribution in [3.05, 3.63) is 64.5 Å². The fourth-order valence-corrected chi connectivity index (χ4v) is 3.79.